The van der Waals surface area contributed by atoms with Gasteiger partial charge in [0.15, 0.2) is 17.5 Å². The van der Waals surface area contributed by atoms with Gasteiger partial charge in [0.05, 0.1) is 0 Å². The van der Waals surface area contributed by atoms with E-state index >= 15 is 0 Å². The molecule has 0 bridgehead atoms. The lowest BCUT2D eigenvalue weighted by atomic mass is 9.91. The standard InChI is InChI=1S/C55H35N3O2/c1-3-13-34(14-4-1)36-23-25-37(26-24-36)53-56-54(39-27-28-43-42-19-9-11-21-48(42)59-50(43)33-39)58-55(57-53)46-30-29-44(52-51(46)45-20-10-12-22-49(45)60-52)47-32-40(35-15-5-2-6-16-35)31-38-17-7-8-18-41(38)47/h1-10,12-20,22-33H,11,21H2. The zero-order valence-corrected chi connectivity index (χ0v) is 32.5. The molecule has 0 N–H and O–H groups in total. The molecule has 1 aliphatic carbocycles. The summed E-state index contributed by atoms with van der Waals surface area (Å²) in [6.45, 7) is 0. The molecule has 0 fully saturated rings. The van der Waals surface area contributed by atoms with Crippen molar-refractivity contribution in [3.05, 3.63) is 193 Å². The Bertz CT molecular complexity index is 3470. The second kappa shape index (κ2) is 13.9. The Morgan fingerprint density at radius 1 is 0.400 bits per heavy atom. The van der Waals surface area contributed by atoms with E-state index in [-0.39, 0.29) is 0 Å². The fourth-order valence-corrected chi connectivity index (χ4v) is 8.84. The van der Waals surface area contributed by atoms with Crippen LogP contribution in [0.25, 0.3) is 117 Å². The molecule has 3 heterocycles. The van der Waals surface area contributed by atoms with E-state index in [1.165, 1.54) is 0 Å². The van der Waals surface area contributed by atoms with Gasteiger partial charge in [0, 0.05) is 50.4 Å². The maximum absolute atomic E-state index is 6.88. The first kappa shape index (κ1) is 34.2. The van der Waals surface area contributed by atoms with E-state index in [4.69, 9.17) is 23.8 Å². The molecule has 282 valence electrons. The fraction of sp³-hybridized carbons (Fsp3) is 0.0364. The number of aromatic nitrogens is 3. The molecule has 3 aromatic heterocycles. The number of rotatable bonds is 6. The predicted molar refractivity (Wildman–Crippen MR) is 244 cm³/mol. The molecule has 0 aliphatic heterocycles. The molecule has 0 saturated carbocycles. The van der Waals surface area contributed by atoms with Gasteiger partial charge >= 0.3 is 0 Å². The van der Waals surface area contributed by atoms with Gasteiger partial charge in [-0.05, 0) is 87.5 Å². The van der Waals surface area contributed by atoms with Crippen LogP contribution in [0.5, 0.6) is 0 Å². The molecular weight excluding hydrogens is 735 g/mol. The average molecular weight is 770 g/mol. The molecule has 8 aromatic carbocycles. The smallest absolute Gasteiger partial charge is 0.164 e. The van der Waals surface area contributed by atoms with Crippen molar-refractivity contribution in [3.8, 4) is 67.5 Å². The Labute approximate surface area is 346 Å². The number of benzene rings is 8. The molecule has 12 rings (SSSR count). The molecule has 60 heavy (non-hydrogen) atoms. The van der Waals surface area contributed by atoms with Crippen molar-refractivity contribution < 1.29 is 8.83 Å². The molecule has 5 heteroatoms. The van der Waals surface area contributed by atoms with Crippen molar-refractivity contribution >= 4 is 49.8 Å². The van der Waals surface area contributed by atoms with Gasteiger partial charge in [0.2, 0.25) is 0 Å². The van der Waals surface area contributed by atoms with Crippen molar-refractivity contribution in [2.45, 2.75) is 12.8 Å². The topological polar surface area (TPSA) is 65.0 Å². The summed E-state index contributed by atoms with van der Waals surface area (Å²) < 4.78 is 13.3. The SMILES string of the molecule is C1=Cc2c(oc3cc(-c4nc(-c5ccc(-c6ccccc6)cc5)nc(-c5ccc(-c6cc(-c7ccccc7)cc7ccccc67)c6oc7ccccc7c56)n4)ccc23)CC1. The summed E-state index contributed by atoms with van der Waals surface area (Å²) in [4.78, 5) is 15.7. The maximum Gasteiger partial charge on any atom is 0.164 e. The highest BCUT2D eigenvalue weighted by molar-refractivity contribution is 6.17. The molecule has 0 unspecified atom stereocenters. The number of fused-ring (bicyclic) bond motifs is 7. The van der Waals surface area contributed by atoms with E-state index < -0.39 is 0 Å². The molecule has 0 amide bonds. The molecule has 1 aliphatic rings. The van der Waals surface area contributed by atoms with E-state index in [2.05, 4.69) is 170 Å². The Hall–Kier alpha value is -7.89. The van der Waals surface area contributed by atoms with Gasteiger partial charge in [0.1, 0.15) is 22.5 Å². The van der Waals surface area contributed by atoms with Crippen LogP contribution in [0.1, 0.15) is 17.7 Å². The molecule has 0 radical (unpaired) electrons. The number of hydrogen-bond acceptors (Lipinski definition) is 5. The minimum absolute atomic E-state index is 0.565. The highest BCUT2D eigenvalue weighted by atomic mass is 16.3. The number of aryl methyl sites for hydroxylation is 1. The Morgan fingerprint density at radius 3 is 1.85 bits per heavy atom. The van der Waals surface area contributed by atoms with Crippen LogP contribution in [0.15, 0.2) is 191 Å². The first-order chi connectivity index (χ1) is 29.7. The first-order valence-corrected chi connectivity index (χ1v) is 20.4. The second-order valence-electron chi connectivity index (χ2n) is 15.4. The molecule has 0 saturated heterocycles. The number of hydrogen-bond donors (Lipinski definition) is 0. The van der Waals surface area contributed by atoms with Gasteiger partial charge in [0.25, 0.3) is 0 Å². The van der Waals surface area contributed by atoms with Gasteiger partial charge in [-0.1, -0.05) is 146 Å². The van der Waals surface area contributed by atoms with E-state index in [1.54, 1.807) is 0 Å². The Balaban J connectivity index is 1.08. The average Bonchev–Trinajstić information content (AvgIpc) is 3.90. The lowest BCUT2D eigenvalue weighted by Gasteiger charge is -2.14. The second-order valence-corrected chi connectivity index (χ2v) is 15.4. The summed E-state index contributed by atoms with van der Waals surface area (Å²) in [5.41, 5.74) is 12.9. The van der Waals surface area contributed by atoms with E-state index in [0.717, 1.165) is 118 Å². The van der Waals surface area contributed by atoms with Crippen LogP contribution < -0.4 is 0 Å². The van der Waals surface area contributed by atoms with Crippen molar-refractivity contribution in [3.63, 3.8) is 0 Å². The van der Waals surface area contributed by atoms with Crippen molar-refractivity contribution in [2.24, 2.45) is 0 Å². The van der Waals surface area contributed by atoms with E-state index in [1.807, 2.05) is 18.2 Å². The summed E-state index contributed by atoms with van der Waals surface area (Å²) >= 11 is 0. The summed E-state index contributed by atoms with van der Waals surface area (Å²) in [6, 6.07) is 61.4. The van der Waals surface area contributed by atoms with Crippen LogP contribution in [0.3, 0.4) is 0 Å². The third-order valence-corrected chi connectivity index (χ3v) is 11.8. The van der Waals surface area contributed by atoms with E-state index in [9.17, 15) is 0 Å². The zero-order valence-electron chi connectivity index (χ0n) is 32.5. The highest BCUT2D eigenvalue weighted by Gasteiger charge is 2.23. The van der Waals surface area contributed by atoms with Gasteiger partial charge in [-0.25, -0.2) is 15.0 Å². The van der Waals surface area contributed by atoms with Crippen LogP contribution in [0.4, 0.5) is 0 Å². The number of furan rings is 2. The number of para-hydroxylation sites is 1. The summed E-state index contributed by atoms with van der Waals surface area (Å²) in [7, 11) is 0. The Morgan fingerprint density at radius 2 is 1.03 bits per heavy atom. The van der Waals surface area contributed by atoms with Gasteiger partial charge < -0.3 is 8.83 Å². The largest absolute Gasteiger partial charge is 0.460 e. The molecule has 0 atom stereocenters. The highest BCUT2D eigenvalue weighted by Crippen LogP contribution is 2.44. The van der Waals surface area contributed by atoms with Gasteiger partial charge in [-0.15, -0.1) is 0 Å². The van der Waals surface area contributed by atoms with Crippen LogP contribution >= 0.6 is 0 Å². The van der Waals surface area contributed by atoms with Crippen LogP contribution in [0, 0.1) is 0 Å². The van der Waals surface area contributed by atoms with Crippen molar-refractivity contribution in [1.29, 1.82) is 0 Å². The third kappa shape index (κ3) is 5.74. The lowest BCUT2D eigenvalue weighted by Crippen LogP contribution is -2.00. The molecular formula is C55H35N3O2. The normalized spacial score (nSPS) is 12.5. The summed E-state index contributed by atoms with van der Waals surface area (Å²) in [5, 5.41) is 5.38. The maximum atomic E-state index is 6.88. The van der Waals surface area contributed by atoms with Gasteiger partial charge in [-0.2, -0.15) is 0 Å². The van der Waals surface area contributed by atoms with Crippen molar-refractivity contribution in [2.75, 3.05) is 0 Å². The van der Waals surface area contributed by atoms with Crippen LogP contribution in [0.2, 0.25) is 0 Å². The summed E-state index contributed by atoms with van der Waals surface area (Å²) in [6.07, 6.45) is 6.26. The van der Waals surface area contributed by atoms with E-state index in [0.29, 0.717) is 17.5 Å². The number of allylic oxidation sites excluding steroid dienone is 1. The summed E-state index contributed by atoms with van der Waals surface area (Å²) in [5.74, 6) is 2.75. The minimum atomic E-state index is 0.565. The monoisotopic (exact) mass is 769 g/mol. The molecule has 0 spiro atoms. The van der Waals surface area contributed by atoms with Crippen LogP contribution in [-0.2, 0) is 6.42 Å². The lowest BCUT2D eigenvalue weighted by molar-refractivity contribution is 0.546. The quantitative estimate of drug-likeness (QED) is 0.168. The zero-order chi connectivity index (χ0) is 39.6. The molecule has 11 aromatic rings. The molecule has 5 nitrogen and oxygen atoms in total. The first-order valence-electron chi connectivity index (χ1n) is 20.4. The minimum Gasteiger partial charge on any atom is -0.460 e. The Kier molecular flexibility index (Phi) is 7.91. The van der Waals surface area contributed by atoms with Crippen molar-refractivity contribution in [1.82, 2.24) is 15.0 Å². The fourth-order valence-electron chi connectivity index (χ4n) is 8.84. The number of nitrogens with zero attached hydrogens (tertiary/aromatic N) is 3. The predicted octanol–water partition coefficient (Wildman–Crippen LogP) is 14.6. The third-order valence-electron chi connectivity index (χ3n) is 11.8. The van der Waals surface area contributed by atoms with Crippen LogP contribution in [-0.4, -0.2) is 15.0 Å². The van der Waals surface area contributed by atoms with Gasteiger partial charge in [-0.3, -0.25) is 0 Å².